The fourth-order valence-corrected chi connectivity index (χ4v) is 3.64. The van der Waals surface area contributed by atoms with Crippen LogP contribution in [0, 0.1) is 18.4 Å². The molecule has 1 heterocycles. The van der Waals surface area contributed by atoms with E-state index in [1.807, 2.05) is 25.2 Å². The summed E-state index contributed by atoms with van der Waals surface area (Å²) < 4.78 is 1.64. The number of primary amides is 1. The Morgan fingerprint density at radius 1 is 1.16 bits per heavy atom. The van der Waals surface area contributed by atoms with Gasteiger partial charge in [0.15, 0.2) is 12.0 Å². The molecule has 164 valence electrons. The molecule has 0 radical (unpaired) electrons. The molecule has 10 heteroatoms. The lowest BCUT2D eigenvalue weighted by Gasteiger charge is -2.16. The molecular weight excluding hydrogens is 471 g/mol. The number of hydrogen-bond acceptors (Lipinski definition) is 4. The van der Waals surface area contributed by atoms with Crippen molar-refractivity contribution in [1.29, 1.82) is 5.26 Å². The van der Waals surface area contributed by atoms with Crippen LogP contribution in [0.4, 0.5) is 0 Å². The van der Waals surface area contributed by atoms with Gasteiger partial charge in [0.05, 0.1) is 16.4 Å². The summed E-state index contributed by atoms with van der Waals surface area (Å²) in [4.78, 5) is 16.2. The Balaban J connectivity index is 2.34. The number of carbonyl (C=O) groups excluding carboxylic acids is 1. The lowest BCUT2D eigenvalue weighted by atomic mass is 10.0. The Bertz CT molecular complexity index is 1260. The van der Waals surface area contributed by atoms with Crippen LogP contribution in [0.2, 0.25) is 15.1 Å². The minimum absolute atomic E-state index is 0.104. The molecular formula is C22H19Cl3N6O. The Morgan fingerprint density at radius 2 is 1.78 bits per heavy atom. The molecule has 3 aromatic rings. The third-order valence-corrected chi connectivity index (χ3v) is 5.56. The molecule has 0 spiro atoms. The van der Waals surface area contributed by atoms with Crippen LogP contribution in [0.25, 0.3) is 16.9 Å². The molecule has 0 saturated heterocycles. The van der Waals surface area contributed by atoms with E-state index in [9.17, 15) is 10.1 Å². The van der Waals surface area contributed by atoms with Crippen LogP contribution in [-0.4, -0.2) is 27.1 Å². The number of aromatic nitrogens is 2. The van der Waals surface area contributed by atoms with E-state index < -0.39 is 11.4 Å². The lowest BCUT2D eigenvalue weighted by Crippen LogP contribution is -2.39. The smallest absolute Gasteiger partial charge is 0.244 e. The van der Waals surface area contributed by atoms with Crippen LogP contribution in [0.3, 0.4) is 0 Å². The SMILES string of the molecule is Cc1c(C(=NC(C)(C)C(N)=O)NC#N)nn(-c2ccc(Cl)cc2Cl)c1-c1ccc(Cl)cc1. The van der Waals surface area contributed by atoms with Crippen molar-refractivity contribution in [3.05, 3.63) is 68.8 Å². The van der Waals surface area contributed by atoms with Crippen LogP contribution < -0.4 is 11.1 Å². The summed E-state index contributed by atoms with van der Waals surface area (Å²) in [6.45, 7) is 4.94. The van der Waals surface area contributed by atoms with Gasteiger partial charge in [0.25, 0.3) is 0 Å². The number of hydrogen-bond donors (Lipinski definition) is 2. The van der Waals surface area contributed by atoms with E-state index in [1.54, 1.807) is 48.9 Å². The summed E-state index contributed by atoms with van der Waals surface area (Å²) in [5.41, 5.74) is 7.33. The molecule has 0 aliphatic carbocycles. The first kappa shape index (κ1) is 23.6. The van der Waals surface area contributed by atoms with Crippen molar-refractivity contribution < 1.29 is 4.79 Å². The van der Waals surface area contributed by atoms with Gasteiger partial charge in [-0.25, -0.2) is 9.67 Å². The first-order chi connectivity index (χ1) is 15.0. The van der Waals surface area contributed by atoms with E-state index in [-0.39, 0.29) is 5.84 Å². The molecule has 7 nitrogen and oxygen atoms in total. The maximum Gasteiger partial charge on any atom is 0.244 e. The van der Waals surface area contributed by atoms with Crippen molar-refractivity contribution in [3.8, 4) is 23.1 Å². The van der Waals surface area contributed by atoms with Crippen LogP contribution in [-0.2, 0) is 4.79 Å². The normalized spacial score (nSPS) is 11.8. The molecule has 0 saturated carbocycles. The fourth-order valence-electron chi connectivity index (χ4n) is 3.02. The number of aliphatic imine (C=N–C) groups is 1. The largest absolute Gasteiger partial charge is 0.368 e. The van der Waals surface area contributed by atoms with Gasteiger partial charge < -0.3 is 5.73 Å². The van der Waals surface area contributed by atoms with Crippen molar-refractivity contribution in [3.63, 3.8) is 0 Å². The summed E-state index contributed by atoms with van der Waals surface area (Å²) in [5.74, 6) is -0.543. The Kier molecular flexibility index (Phi) is 6.79. The summed E-state index contributed by atoms with van der Waals surface area (Å²) >= 11 is 18.6. The minimum atomic E-state index is -1.27. The average Bonchev–Trinajstić information content (AvgIpc) is 3.05. The summed E-state index contributed by atoms with van der Waals surface area (Å²) in [5, 5.41) is 18.0. The van der Waals surface area contributed by atoms with Crippen LogP contribution in [0.15, 0.2) is 47.5 Å². The standard InChI is InChI=1S/C22H19Cl3N6O/c1-12-18(20(28-11-26)29-22(2,3)21(27)32)30-31(17-9-8-15(24)10-16(17)25)19(12)13-4-6-14(23)7-5-13/h4-10H,1-3H3,(H2,27,32)(H,28,29). The second-order valence-corrected chi connectivity index (χ2v) is 8.74. The number of amidine groups is 1. The highest BCUT2D eigenvalue weighted by molar-refractivity contribution is 6.35. The van der Waals surface area contributed by atoms with Gasteiger partial charge in [0.2, 0.25) is 5.91 Å². The van der Waals surface area contributed by atoms with Crippen molar-refractivity contribution in [2.24, 2.45) is 10.7 Å². The van der Waals surface area contributed by atoms with Gasteiger partial charge in [-0.1, -0.05) is 46.9 Å². The van der Waals surface area contributed by atoms with E-state index in [0.29, 0.717) is 37.7 Å². The predicted octanol–water partition coefficient (Wildman–Crippen LogP) is 4.89. The van der Waals surface area contributed by atoms with Gasteiger partial charge in [-0.05, 0) is 51.1 Å². The van der Waals surface area contributed by atoms with Crippen molar-refractivity contribution in [2.75, 3.05) is 0 Å². The van der Waals surface area contributed by atoms with E-state index in [1.165, 1.54) is 0 Å². The topological polar surface area (TPSA) is 109 Å². The average molecular weight is 490 g/mol. The van der Waals surface area contributed by atoms with E-state index in [2.05, 4.69) is 10.3 Å². The lowest BCUT2D eigenvalue weighted by molar-refractivity contribution is -0.121. The van der Waals surface area contributed by atoms with Crippen molar-refractivity contribution in [1.82, 2.24) is 15.1 Å². The number of rotatable bonds is 5. The Morgan fingerprint density at radius 3 is 2.34 bits per heavy atom. The number of nitriles is 1. The van der Waals surface area contributed by atoms with E-state index >= 15 is 0 Å². The second-order valence-electron chi connectivity index (χ2n) is 7.46. The van der Waals surface area contributed by atoms with E-state index in [4.69, 9.17) is 45.6 Å². The fraction of sp³-hybridized carbons (Fsp3) is 0.182. The second kappa shape index (κ2) is 9.21. The molecule has 1 amide bonds. The van der Waals surface area contributed by atoms with Gasteiger partial charge >= 0.3 is 0 Å². The molecule has 0 fully saturated rings. The van der Waals surface area contributed by atoms with Crippen LogP contribution in [0.5, 0.6) is 0 Å². The number of nitrogens with zero attached hydrogens (tertiary/aromatic N) is 4. The molecule has 1 aromatic heterocycles. The maximum atomic E-state index is 11.8. The number of benzene rings is 2. The molecule has 32 heavy (non-hydrogen) atoms. The predicted molar refractivity (Wildman–Crippen MR) is 127 cm³/mol. The molecule has 3 rings (SSSR count). The van der Waals surface area contributed by atoms with Gasteiger partial charge in [0.1, 0.15) is 11.2 Å². The number of nitrogens with two attached hydrogens (primary N) is 1. The van der Waals surface area contributed by atoms with Gasteiger partial charge in [-0.15, -0.1) is 0 Å². The summed E-state index contributed by atoms with van der Waals surface area (Å²) in [6.07, 6.45) is 1.85. The number of halogens is 3. The number of amides is 1. The maximum absolute atomic E-state index is 11.8. The first-order valence-electron chi connectivity index (χ1n) is 9.41. The zero-order valence-electron chi connectivity index (χ0n) is 17.4. The van der Waals surface area contributed by atoms with Gasteiger partial charge in [0, 0.05) is 21.2 Å². The summed E-state index contributed by atoms with van der Waals surface area (Å²) in [7, 11) is 0. The van der Waals surface area contributed by atoms with Crippen molar-refractivity contribution >= 4 is 46.5 Å². The third kappa shape index (κ3) is 4.73. The van der Waals surface area contributed by atoms with Crippen LogP contribution in [0.1, 0.15) is 25.1 Å². The molecule has 3 N–H and O–H groups in total. The van der Waals surface area contributed by atoms with E-state index in [0.717, 1.165) is 5.56 Å². The molecule has 0 aliphatic rings. The monoisotopic (exact) mass is 488 g/mol. The first-order valence-corrected chi connectivity index (χ1v) is 10.5. The van der Waals surface area contributed by atoms with Crippen LogP contribution >= 0.6 is 34.8 Å². The Labute approximate surface area is 200 Å². The zero-order valence-corrected chi connectivity index (χ0v) is 19.7. The number of nitrogens with one attached hydrogen (secondary N) is 1. The number of carbonyl (C=O) groups is 1. The third-order valence-electron chi connectivity index (χ3n) is 4.77. The Hall–Kier alpha value is -3.05. The highest BCUT2D eigenvalue weighted by Crippen LogP contribution is 2.33. The minimum Gasteiger partial charge on any atom is -0.368 e. The molecule has 2 aromatic carbocycles. The molecule has 0 aliphatic heterocycles. The highest BCUT2D eigenvalue weighted by Gasteiger charge is 2.28. The molecule has 0 unspecified atom stereocenters. The zero-order chi connectivity index (χ0) is 23.6. The van der Waals surface area contributed by atoms with Gasteiger partial charge in [-0.3, -0.25) is 10.1 Å². The van der Waals surface area contributed by atoms with Crippen molar-refractivity contribution in [2.45, 2.75) is 26.3 Å². The van der Waals surface area contributed by atoms with Gasteiger partial charge in [-0.2, -0.15) is 10.4 Å². The molecule has 0 atom stereocenters. The molecule has 0 bridgehead atoms. The quantitative estimate of drug-likeness (QED) is 0.230. The summed E-state index contributed by atoms with van der Waals surface area (Å²) in [6, 6.07) is 12.3. The highest BCUT2D eigenvalue weighted by atomic mass is 35.5.